The predicted molar refractivity (Wildman–Crippen MR) is 50.5 cm³/mol. The summed E-state index contributed by atoms with van der Waals surface area (Å²) in [5.74, 6) is 0.330. The van der Waals surface area contributed by atoms with Crippen molar-refractivity contribution in [1.29, 1.82) is 0 Å². The van der Waals surface area contributed by atoms with Gasteiger partial charge in [-0.15, -0.1) is 0 Å². The van der Waals surface area contributed by atoms with Crippen molar-refractivity contribution in [1.82, 2.24) is 14.4 Å². The van der Waals surface area contributed by atoms with Gasteiger partial charge in [0.15, 0.2) is 0 Å². The van der Waals surface area contributed by atoms with E-state index in [1.807, 2.05) is 6.20 Å². The Morgan fingerprint density at radius 1 is 1.29 bits per heavy atom. The fourth-order valence-corrected chi connectivity index (χ4v) is 1.53. The van der Waals surface area contributed by atoms with Crippen LogP contribution in [0, 0.1) is 5.82 Å². The van der Waals surface area contributed by atoms with Gasteiger partial charge < -0.3 is 0 Å². The van der Waals surface area contributed by atoms with Crippen LogP contribution in [-0.2, 0) is 0 Å². The van der Waals surface area contributed by atoms with E-state index in [1.165, 1.54) is 12.1 Å². The molecule has 0 aliphatic heterocycles. The van der Waals surface area contributed by atoms with Gasteiger partial charge in [-0.3, -0.25) is 4.40 Å². The Morgan fingerprint density at radius 2 is 2.21 bits per heavy atom. The van der Waals surface area contributed by atoms with Crippen LogP contribution < -0.4 is 0 Å². The van der Waals surface area contributed by atoms with Gasteiger partial charge in [0.1, 0.15) is 5.82 Å². The normalized spacial score (nSPS) is 11.2. The maximum absolute atomic E-state index is 13.0. The van der Waals surface area contributed by atoms with Gasteiger partial charge in [-0.2, -0.15) is 0 Å². The summed E-state index contributed by atoms with van der Waals surface area (Å²) in [4.78, 5) is 8.32. The zero-order chi connectivity index (χ0) is 9.54. The Morgan fingerprint density at radius 3 is 3.14 bits per heavy atom. The lowest BCUT2D eigenvalue weighted by molar-refractivity contribution is 0.629. The average molecular weight is 187 g/mol. The van der Waals surface area contributed by atoms with Crippen LogP contribution in [0.1, 0.15) is 0 Å². The molecule has 3 aromatic rings. The first kappa shape index (κ1) is 7.44. The Kier molecular flexibility index (Phi) is 1.33. The second-order valence-corrected chi connectivity index (χ2v) is 3.03. The molecule has 1 aromatic carbocycles. The smallest absolute Gasteiger partial charge is 0.234 e. The molecule has 0 radical (unpaired) electrons. The first-order valence-electron chi connectivity index (χ1n) is 4.23. The first-order valence-corrected chi connectivity index (χ1v) is 4.23. The van der Waals surface area contributed by atoms with Crippen molar-refractivity contribution in [3.8, 4) is 0 Å². The van der Waals surface area contributed by atoms with E-state index < -0.39 is 0 Å². The fraction of sp³-hybridized carbons (Fsp3) is 0. The Balaban J connectivity index is 2.58. The van der Waals surface area contributed by atoms with Gasteiger partial charge >= 0.3 is 0 Å². The van der Waals surface area contributed by atoms with Crippen LogP contribution in [0.3, 0.4) is 0 Å². The number of aromatic nitrogens is 3. The molecular formula is C10H6FN3. The van der Waals surface area contributed by atoms with Gasteiger partial charge in [0.25, 0.3) is 0 Å². The van der Waals surface area contributed by atoms with Crippen molar-refractivity contribution in [2.45, 2.75) is 0 Å². The number of nitrogens with zero attached hydrogens (tertiary/aromatic N) is 3. The highest BCUT2D eigenvalue weighted by atomic mass is 19.1. The van der Waals surface area contributed by atoms with E-state index in [2.05, 4.69) is 9.97 Å². The number of hydrogen-bond donors (Lipinski definition) is 0. The molecule has 0 amide bonds. The summed E-state index contributed by atoms with van der Waals surface area (Å²) in [5.41, 5.74) is 1.50. The molecule has 0 fully saturated rings. The summed E-state index contributed by atoms with van der Waals surface area (Å²) in [6.07, 6.45) is 3.48. The van der Waals surface area contributed by atoms with Gasteiger partial charge in [-0.05, 0) is 18.2 Å². The molecule has 68 valence electrons. The second kappa shape index (κ2) is 2.51. The SMILES string of the molecule is Fc1ccc2nc3ncccn3c2c1. The summed E-state index contributed by atoms with van der Waals surface area (Å²) in [7, 11) is 0. The third-order valence-corrected chi connectivity index (χ3v) is 2.14. The molecule has 0 saturated heterocycles. The highest BCUT2D eigenvalue weighted by molar-refractivity contribution is 5.79. The molecule has 0 atom stereocenters. The summed E-state index contributed by atoms with van der Waals surface area (Å²) in [6.45, 7) is 0. The number of benzene rings is 1. The third kappa shape index (κ3) is 0.907. The van der Waals surface area contributed by atoms with E-state index in [1.54, 1.807) is 22.7 Å². The van der Waals surface area contributed by atoms with Crippen LogP contribution in [0.5, 0.6) is 0 Å². The van der Waals surface area contributed by atoms with E-state index in [4.69, 9.17) is 0 Å². The first-order chi connectivity index (χ1) is 6.84. The summed E-state index contributed by atoms with van der Waals surface area (Å²) in [5, 5.41) is 0. The van der Waals surface area contributed by atoms with Crippen molar-refractivity contribution >= 4 is 16.8 Å². The largest absolute Gasteiger partial charge is 0.284 e. The summed E-state index contributed by atoms with van der Waals surface area (Å²) in [6, 6.07) is 6.30. The van der Waals surface area contributed by atoms with Crippen LogP contribution in [0.15, 0.2) is 36.7 Å². The van der Waals surface area contributed by atoms with Crippen molar-refractivity contribution in [2.75, 3.05) is 0 Å². The molecule has 0 aliphatic rings. The Labute approximate surface area is 78.8 Å². The van der Waals surface area contributed by atoms with E-state index in [-0.39, 0.29) is 5.82 Å². The highest BCUT2D eigenvalue weighted by Crippen LogP contribution is 2.15. The van der Waals surface area contributed by atoms with Gasteiger partial charge in [-0.25, -0.2) is 14.4 Å². The predicted octanol–water partition coefficient (Wildman–Crippen LogP) is 2.02. The van der Waals surface area contributed by atoms with Crippen LogP contribution in [0.25, 0.3) is 16.8 Å². The van der Waals surface area contributed by atoms with Crippen LogP contribution in [0.2, 0.25) is 0 Å². The molecule has 0 saturated carbocycles. The molecular weight excluding hydrogens is 181 g/mol. The Hall–Kier alpha value is -1.97. The lowest BCUT2D eigenvalue weighted by Gasteiger charge is -1.92. The lowest BCUT2D eigenvalue weighted by Crippen LogP contribution is -1.85. The highest BCUT2D eigenvalue weighted by Gasteiger charge is 2.04. The zero-order valence-corrected chi connectivity index (χ0v) is 7.18. The summed E-state index contributed by atoms with van der Waals surface area (Å²) >= 11 is 0. The molecule has 0 N–H and O–H groups in total. The fourth-order valence-electron chi connectivity index (χ4n) is 1.53. The van der Waals surface area contributed by atoms with Crippen molar-refractivity contribution in [2.24, 2.45) is 0 Å². The minimum absolute atomic E-state index is 0.261. The van der Waals surface area contributed by atoms with E-state index in [0.717, 1.165) is 11.0 Å². The van der Waals surface area contributed by atoms with Gasteiger partial charge in [0.05, 0.1) is 11.0 Å². The van der Waals surface area contributed by atoms with Crippen molar-refractivity contribution < 1.29 is 4.39 Å². The van der Waals surface area contributed by atoms with Gasteiger partial charge in [0, 0.05) is 18.5 Å². The van der Waals surface area contributed by atoms with Crippen LogP contribution in [-0.4, -0.2) is 14.4 Å². The molecule has 0 spiro atoms. The van der Waals surface area contributed by atoms with Crippen molar-refractivity contribution in [3.63, 3.8) is 0 Å². The van der Waals surface area contributed by atoms with Crippen LogP contribution in [0.4, 0.5) is 4.39 Å². The maximum atomic E-state index is 13.0. The molecule has 2 aromatic heterocycles. The summed E-state index contributed by atoms with van der Waals surface area (Å²) < 4.78 is 14.7. The lowest BCUT2D eigenvalue weighted by atomic mass is 10.3. The standard InChI is InChI=1S/C10H6FN3/c11-7-2-3-8-9(6-7)14-5-1-4-12-10(14)13-8/h1-6H. The van der Waals surface area contributed by atoms with Gasteiger partial charge in [-0.1, -0.05) is 0 Å². The topological polar surface area (TPSA) is 30.2 Å². The zero-order valence-electron chi connectivity index (χ0n) is 7.18. The van der Waals surface area contributed by atoms with Crippen molar-refractivity contribution in [3.05, 3.63) is 42.5 Å². The number of rotatable bonds is 0. The molecule has 2 heterocycles. The Bertz CT molecular complexity index is 615. The molecule has 0 aliphatic carbocycles. The quantitative estimate of drug-likeness (QED) is 0.539. The monoisotopic (exact) mass is 187 g/mol. The number of fused-ring (bicyclic) bond motifs is 3. The van der Waals surface area contributed by atoms with E-state index in [0.29, 0.717) is 5.78 Å². The molecule has 4 heteroatoms. The van der Waals surface area contributed by atoms with Crippen LogP contribution >= 0.6 is 0 Å². The number of imidazole rings is 1. The number of hydrogen-bond acceptors (Lipinski definition) is 2. The molecule has 14 heavy (non-hydrogen) atoms. The minimum atomic E-state index is -0.261. The average Bonchev–Trinajstić information content (AvgIpc) is 2.56. The number of halogens is 1. The van der Waals surface area contributed by atoms with E-state index >= 15 is 0 Å². The molecule has 3 nitrogen and oxygen atoms in total. The third-order valence-electron chi connectivity index (χ3n) is 2.14. The second-order valence-electron chi connectivity index (χ2n) is 3.03. The molecule has 0 unspecified atom stereocenters. The minimum Gasteiger partial charge on any atom is -0.284 e. The molecule has 3 rings (SSSR count). The van der Waals surface area contributed by atoms with Gasteiger partial charge in [0.2, 0.25) is 5.78 Å². The molecule has 0 bridgehead atoms. The maximum Gasteiger partial charge on any atom is 0.234 e. The van der Waals surface area contributed by atoms with E-state index in [9.17, 15) is 4.39 Å².